The number of hydrogen-bond donors (Lipinski definition) is 2. The molecule has 2 aromatic rings. The Morgan fingerprint density at radius 3 is 2.32 bits per heavy atom. The SMILES string of the molecule is Cc1cc(C(NN)c2cc(C)c(C)cc2C)ccn1. The summed E-state index contributed by atoms with van der Waals surface area (Å²) >= 11 is 0. The molecule has 1 aromatic carbocycles. The van der Waals surface area contributed by atoms with E-state index in [4.69, 9.17) is 5.84 Å². The zero-order chi connectivity index (χ0) is 14.0. The van der Waals surface area contributed by atoms with Gasteiger partial charge in [0.15, 0.2) is 0 Å². The molecule has 2 rings (SSSR count). The number of nitrogens with one attached hydrogen (secondary N) is 1. The lowest BCUT2D eigenvalue weighted by Crippen LogP contribution is -2.29. The average Bonchev–Trinajstić information content (AvgIpc) is 2.36. The van der Waals surface area contributed by atoms with Crippen molar-refractivity contribution >= 4 is 0 Å². The molecular formula is C16H21N3. The molecule has 0 bridgehead atoms. The first-order valence-corrected chi connectivity index (χ1v) is 6.49. The monoisotopic (exact) mass is 255 g/mol. The lowest BCUT2D eigenvalue weighted by Gasteiger charge is -2.20. The summed E-state index contributed by atoms with van der Waals surface area (Å²) in [6.45, 7) is 8.38. The van der Waals surface area contributed by atoms with Crippen molar-refractivity contribution in [3.05, 3.63) is 64.0 Å². The minimum Gasteiger partial charge on any atom is -0.271 e. The summed E-state index contributed by atoms with van der Waals surface area (Å²) in [5.41, 5.74) is 10.1. The van der Waals surface area contributed by atoms with Crippen LogP contribution < -0.4 is 11.3 Å². The zero-order valence-electron chi connectivity index (χ0n) is 12.0. The first kappa shape index (κ1) is 13.7. The van der Waals surface area contributed by atoms with Gasteiger partial charge in [-0.1, -0.05) is 12.1 Å². The van der Waals surface area contributed by atoms with E-state index in [1.54, 1.807) is 0 Å². The van der Waals surface area contributed by atoms with E-state index in [2.05, 4.69) is 49.4 Å². The van der Waals surface area contributed by atoms with Crippen molar-refractivity contribution < 1.29 is 0 Å². The number of rotatable bonds is 3. The molecule has 0 saturated heterocycles. The predicted octanol–water partition coefficient (Wildman–Crippen LogP) is 2.87. The summed E-state index contributed by atoms with van der Waals surface area (Å²) in [6.07, 6.45) is 1.82. The van der Waals surface area contributed by atoms with Crippen molar-refractivity contribution in [3.8, 4) is 0 Å². The molecule has 1 heterocycles. The second-order valence-electron chi connectivity index (χ2n) is 5.12. The number of hydrogen-bond acceptors (Lipinski definition) is 3. The third-order valence-corrected chi connectivity index (χ3v) is 3.61. The quantitative estimate of drug-likeness (QED) is 0.655. The molecule has 0 aliphatic rings. The minimum absolute atomic E-state index is 0.000926. The van der Waals surface area contributed by atoms with Crippen LogP contribution in [0.2, 0.25) is 0 Å². The van der Waals surface area contributed by atoms with Gasteiger partial charge in [0.2, 0.25) is 0 Å². The highest BCUT2D eigenvalue weighted by Gasteiger charge is 2.15. The van der Waals surface area contributed by atoms with E-state index in [0.717, 1.165) is 11.3 Å². The number of aromatic nitrogens is 1. The van der Waals surface area contributed by atoms with E-state index < -0.39 is 0 Å². The summed E-state index contributed by atoms with van der Waals surface area (Å²) in [7, 11) is 0. The van der Waals surface area contributed by atoms with Crippen molar-refractivity contribution in [2.75, 3.05) is 0 Å². The molecular weight excluding hydrogens is 234 g/mol. The van der Waals surface area contributed by atoms with Crippen LogP contribution in [0.5, 0.6) is 0 Å². The normalized spacial score (nSPS) is 12.5. The molecule has 100 valence electrons. The van der Waals surface area contributed by atoms with Gasteiger partial charge in [-0.15, -0.1) is 0 Å². The molecule has 3 N–H and O–H groups in total. The van der Waals surface area contributed by atoms with Gasteiger partial charge >= 0.3 is 0 Å². The largest absolute Gasteiger partial charge is 0.271 e. The molecule has 3 nitrogen and oxygen atoms in total. The first-order valence-electron chi connectivity index (χ1n) is 6.49. The van der Waals surface area contributed by atoms with Gasteiger partial charge in [0.05, 0.1) is 6.04 Å². The maximum atomic E-state index is 5.77. The van der Waals surface area contributed by atoms with Crippen LogP contribution in [-0.2, 0) is 0 Å². The maximum absolute atomic E-state index is 5.77. The molecule has 19 heavy (non-hydrogen) atoms. The van der Waals surface area contributed by atoms with Crippen LogP contribution in [0, 0.1) is 27.7 Å². The third-order valence-electron chi connectivity index (χ3n) is 3.61. The number of benzene rings is 1. The Morgan fingerprint density at radius 2 is 1.68 bits per heavy atom. The van der Waals surface area contributed by atoms with Crippen LogP contribution in [0.4, 0.5) is 0 Å². The lowest BCUT2D eigenvalue weighted by molar-refractivity contribution is 0.631. The number of aryl methyl sites for hydroxylation is 4. The van der Waals surface area contributed by atoms with Gasteiger partial charge in [0.1, 0.15) is 0 Å². The standard InChI is InChI=1S/C16H21N3/c1-10-7-12(3)15(8-11(10)2)16(19-17)14-5-6-18-13(4)9-14/h5-9,16,19H,17H2,1-4H3. The second kappa shape index (κ2) is 5.51. The molecule has 0 fully saturated rings. The Morgan fingerprint density at radius 1 is 1.00 bits per heavy atom. The van der Waals surface area contributed by atoms with Crippen LogP contribution in [0.1, 0.15) is 39.6 Å². The molecule has 1 aromatic heterocycles. The smallest absolute Gasteiger partial charge is 0.0713 e. The first-order chi connectivity index (χ1) is 9.02. The van der Waals surface area contributed by atoms with E-state index in [1.807, 2.05) is 19.2 Å². The van der Waals surface area contributed by atoms with Gasteiger partial charge in [-0.05, 0) is 67.6 Å². The minimum atomic E-state index is 0.000926. The summed E-state index contributed by atoms with van der Waals surface area (Å²) in [4.78, 5) is 4.24. The maximum Gasteiger partial charge on any atom is 0.0713 e. The summed E-state index contributed by atoms with van der Waals surface area (Å²) in [6, 6.07) is 8.50. The summed E-state index contributed by atoms with van der Waals surface area (Å²) in [5.74, 6) is 5.77. The molecule has 0 aliphatic heterocycles. The molecule has 1 atom stereocenters. The van der Waals surface area contributed by atoms with Crippen LogP contribution in [-0.4, -0.2) is 4.98 Å². The van der Waals surface area contributed by atoms with Crippen molar-refractivity contribution in [2.45, 2.75) is 33.7 Å². The average molecular weight is 255 g/mol. The van der Waals surface area contributed by atoms with Crippen molar-refractivity contribution in [1.82, 2.24) is 10.4 Å². The molecule has 0 saturated carbocycles. The Labute approximate surface area is 114 Å². The van der Waals surface area contributed by atoms with Gasteiger partial charge in [-0.25, -0.2) is 5.43 Å². The highest BCUT2D eigenvalue weighted by Crippen LogP contribution is 2.26. The van der Waals surface area contributed by atoms with Crippen molar-refractivity contribution in [2.24, 2.45) is 5.84 Å². The Kier molecular flexibility index (Phi) is 3.98. The van der Waals surface area contributed by atoms with Crippen molar-refractivity contribution in [3.63, 3.8) is 0 Å². The van der Waals surface area contributed by atoms with Crippen molar-refractivity contribution in [1.29, 1.82) is 0 Å². The number of hydrazine groups is 1. The second-order valence-corrected chi connectivity index (χ2v) is 5.12. The molecule has 1 unspecified atom stereocenters. The third kappa shape index (κ3) is 2.83. The van der Waals surface area contributed by atoms with E-state index >= 15 is 0 Å². The zero-order valence-corrected chi connectivity index (χ0v) is 12.0. The van der Waals surface area contributed by atoms with E-state index in [0.29, 0.717) is 0 Å². The topological polar surface area (TPSA) is 50.9 Å². The van der Waals surface area contributed by atoms with Gasteiger partial charge in [-0.2, -0.15) is 0 Å². The summed E-state index contributed by atoms with van der Waals surface area (Å²) < 4.78 is 0. The van der Waals surface area contributed by atoms with E-state index in [9.17, 15) is 0 Å². The Bertz CT molecular complexity index is 591. The van der Waals surface area contributed by atoms with Gasteiger partial charge in [0.25, 0.3) is 0 Å². The molecule has 0 spiro atoms. The van der Waals surface area contributed by atoms with Gasteiger partial charge < -0.3 is 0 Å². The fourth-order valence-corrected chi connectivity index (χ4v) is 2.41. The fraction of sp³-hybridized carbons (Fsp3) is 0.312. The Balaban J connectivity index is 2.51. The summed E-state index contributed by atoms with van der Waals surface area (Å²) in [5, 5.41) is 0. The van der Waals surface area contributed by atoms with Crippen LogP contribution in [0.25, 0.3) is 0 Å². The van der Waals surface area contributed by atoms with Crippen LogP contribution >= 0.6 is 0 Å². The Hall–Kier alpha value is -1.71. The number of pyridine rings is 1. The molecule has 3 heteroatoms. The molecule has 0 aliphatic carbocycles. The van der Waals surface area contributed by atoms with E-state index in [1.165, 1.54) is 22.3 Å². The fourth-order valence-electron chi connectivity index (χ4n) is 2.41. The van der Waals surface area contributed by atoms with Gasteiger partial charge in [0, 0.05) is 11.9 Å². The van der Waals surface area contributed by atoms with Crippen LogP contribution in [0.3, 0.4) is 0 Å². The lowest BCUT2D eigenvalue weighted by atomic mass is 9.92. The van der Waals surface area contributed by atoms with Gasteiger partial charge in [-0.3, -0.25) is 10.8 Å². The molecule has 0 amide bonds. The highest BCUT2D eigenvalue weighted by atomic mass is 15.2. The number of nitrogens with two attached hydrogens (primary N) is 1. The highest BCUT2D eigenvalue weighted by molar-refractivity contribution is 5.42. The number of nitrogens with zero attached hydrogens (tertiary/aromatic N) is 1. The molecule has 0 radical (unpaired) electrons. The van der Waals surface area contributed by atoms with Crippen LogP contribution in [0.15, 0.2) is 30.5 Å². The predicted molar refractivity (Wildman–Crippen MR) is 78.8 cm³/mol. The van der Waals surface area contributed by atoms with E-state index in [-0.39, 0.29) is 6.04 Å².